The second kappa shape index (κ2) is 2.80. The van der Waals surface area contributed by atoms with Gasteiger partial charge in [-0.3, -0.25) is 0 Å². The zero-order valence-electron chi connectivity index (χ0n) is 5.79. The van der Waals surface area contributed by atoms with Gasteiger partial charge in [-0.2, -0.15) is 0 Å². The molecule has 0 amide bonds. The molecule has 0 atom stereocenters. The molecule has 0 heterocycles. The lowest BCUT2D eigenvalue weighted by Gasteiger charge is -1.97. The maximum absolute atomic E-state index is 5.41. The molecule has 2 heteroatoms. The third-order valence-electron chi connectivity index (χ3n) is 1.30. The van der Waals surface area contributed by atoms with Crippen molar-refractivity contribution in [3.05, 3.63) is 35.4 Å². The Hall–Kier alpha value is -0.890. The van der Waals surface area contributed by atoms with Crippen LogP contribution in [-0.2, 0) is 0 Å². The van der Waals surface area contributed by atoms with Crippen LogP contribution in [-0.4, -0.2) is 4.99 Å². The smallest absolute Gasteiger partial charge is 0.103 e. The zero-order chi connectivity index (χ0) is 7.56. The van der Waals surface area contributed by atoms with Gasteiger partial charge in [0.1, 0.15) is 4.99 Å². The summed E-state index contributed by atoms with van der Waals surface area (Å²) in [4.78, 5) is 0.462. The number of benzene rings is 1. The summed E-state index contributed by atoms with van der Waals surface area (Å²) >= 11 is 4.80. The molecule has 0 saturated heterocycles. The van der Waals surface area contributed by atoms with Crippen LogP contribution in [0, 0.1) is 6.92 Å². The van der Waals surface area contributed by atoms with Crippen LogP contribution in [0.4, 0.5) is 0 Å². The largest absolute Gasteiger partial charge is 0.389 e. The van der Waals surface area contributed by atoms with Gasteiger partial charge in [-0.15, -0.1) is 0 Å². The molecule has 0 aromatic heterocycles. The molecule has 1 rings (SSSR count). The summed E-state index contributed by atoms with van der Waals surface area (Å²) in [5.74, 6) is 0. The summed E-state index contributed by atoms with van der Waals surface area (Å²) in [5, 5.41) is 0. The lowest BCUT2D eigenvalue weighted by atomic mass is 10.1. The summed E-state index contributed by atoms with van der Waals surface area (Å²) < 4.78 is 0. The first-order valence-corrected chi connectivity index (χ1v) is 3.47. The molecule has 0 fully saturated rings. The maximum Gasteiger partial charge on any atom is 0.103 e. The van der Waals surface area contributed by atoms with Crippen molar-refractivity contribution in [3.8, 4) is 0 Å². The fourth-order valence-electron chi connectivity index (χ4n) is 0.798. The monoisotopic (exact) mass is 151 g/mol. The molecule has 0 aliphatic rings. The second-order valence-corrected chi connectivity index (χ2v) is 2.67. The molecule has 10 heavy (non-hydrogen) atoms. The minimum absolute atomic E-state index is 0.462. The predicted octanol–water partition coefficient (Wildman–Crippen LogP) is 1.63. The predicted molar refractivity (Wildman–Crippen MR) is 47.1 cm³/mol. The van der Waals surface area contributed by atoms with Gasteiger partial charge in [-0.05, 0) is 13.0 Å². The summed E-state index contributed by atoms with van der Waals surface area (Å²) in [5.41, 5.74) is 7.54. The molecule has 1 aromatic carbocycles. The van der Waals surface area contributed by atoms with E-state index in [0.717, 1.165) is 5.56 Å². The molecular formula is C8H9NS. The van der Waals surface area contributed by atoms with Crippen LogP contribution >= 0.6 is 12.2 Å². The maximum atomic E-state index is 5.41. The van der Waals surface area contributed by atoms with Crippen molar-refractivity contribution in [2.24, 2.45) is 5.73 Å². The highest BCUT2D eigenvalue weighted by atomic mass is 32.1. The number of nitrogens with two attached hydrogens (primary N) is 1. The number of hydrogen-bond acceptors (Lipinski definition) is 1. The van der Waals surface area contributed by atoms with E-state index < -0.39 is 0 Å². The van der Waals surface area contributed by atoms with Gasteiger partial charge in [0, 0.05) is 5.56 Å². The van der Waals surface area contributed by atoms with E-state index in [-0.39, 0.29) is 0 Å². The molecule has 0 bridgehead atoms. The number of rotatable bonds is 1. The molecule has 1 aromatic rings. The van der Waals surface area contributed by atoms with E-state index in [9.17, 15) is 0 Å². The van der Waals surface area contributed by atoms with Crippen molar-refractivity contribution >= 4 is 17.2 Å². The quantitative estimate of drug-likeness (QED) is 0.617. The van der Waals surface area contributed by atoms with Crippen molar-refractivity contribution in [1.82, 2.24) is 0 Å². The van der Waals surface area contributed by atoms with Crippen LogP contribution in [0.15, 0.2) is 24.3 Å². The first-order chi connectivity index (χ1) is 4.70. The molecule has 2 N–H and O–H groups in total. The lowest BCUT2D eigenvalue weighted by Crippen LogP contribution is -2.08. The highest BCUT2D eigenvalue weighted by Crippen LogP contribution is 2.02. The molecular weight excluding hydrogens is 142 g/mol. The topological polar surface area (TPSA) is 26.0 Å². The van der Waals surface area contributed by atoms with E-state index in [0.29, 0.717) is 4.99 Å². The van der Waals surface area contributed by atoms with Gasteiger partial charge >= 0.3 is 0 Å². The van der Waals surface area contributed by atoms with Gasteiger partial charge in [0.2, 0.25) is 0 Å². The zero-order valence-corrected chi connectivity index (χ0v) is 6.61. The highest BCUT2D eigenvalue weighted by Gasteiger charge is 1.92. The van der Waals surface area contributed by atoms with Crippen molar-refractivity contribution in [2.75, 3.05) is 0 Å². The molecule has 0 unspecified atom stereocenters. The van der Waals surface area contributed by atoms with Crippen molar-refractivity contribution in [3.63, 3.8) is 0 Å². The molecule has 0 aliphatic heterocycles. The van der Waals surface area contributed by atoms with Gasteiger partial charge in [-0.25, -0.2) is 0 Å². The third kappa shape index (κ3) is 1.54. The second-order valence-electron chi connectivity index (χ2n) is 2.23. The Kier molecular flexibility index (Phi) is 2.02. The van der Waals surface area contributed by atoms with Crippen LogP contribution in [0.1, 0.15) is 11.1 Å². The van der Waals surface area contributed by atoms with Gasteiger partial charge in [0.25, 0.3) is 0 Å². The highest BCUT2D eigenvalue weighted by molar-refractivity contribution is 7.80. The van der Waals surface area contributed by atoms with Gasteiger partial charge in [0.05, 0.1) is 0 Å². The minimum Gasteiger partial charge on any atom is -0.389 e. The van der Waals surface area contributed by atoms with Gasteiger partial charge in [0.15, 0.2) is 0 Å². The fraction of sp³-hybridized carbons (Fsp3) is 0.125. The van der Waals surface area contributed by atoms with Crippen LogP contribution in [0.3, 0.4) is 0 Å². The van der Waals surface area contributed by atoms with E-state index >= 15 is 0 Å². The molecule has 52 valence electrons. The van der Waals surface area contributed by atoms with Crippen molar-refractivity contribution in [1.29, 1.82) is 0 Å². The van der Waals surface area contributed by atoms with Crippen LogP contribution in [0.2, 0.25) is 0 Å². The first kappa shape index (κ1) is 7.22. The Balaban J connectivity index is 3.07. The van der Waals surface area contributed by atoms with E-state index in [1.54, 1.807) is 0 Å². The summed E-state index contributed by atoms with van der Waals surface area (Å²) in [6.07, 6.45) is 0. The molecule has 1 nitrogen and oxygen atoms in total. The molecule has 0 saturated carbocycles. The Morgan fingerprint density at radius 1 is 1.50 bits per heavy atom. The first-order valence-electron chi connectivity index (χ1n) is 3.06. The summed E-state index contributed by atoms with van der Waals surface area (Å²) in [7, 11) is 0. The summed E-state index contributed by atoms with van der Waals surface area (Å²) in [6, 6.07) is 7.85. The van der Waals surface area contributed by atoms with E-state index in [4.69, 9.17) is 18.0 Å². The van der Waals surface area contributed by atoms with Crippen molar-refractivity contribution in [2.45, 2.75) is 6.92 Å². The Bertz CT molecular complexity index is 255. The minimum atomic E-state index is 0.462. The molecule has 0 radical (unpaired) electrons. The van der Waals surface area contributed by atoms with E-state index in [2.05, 4.69) is 0 Å². The van der Waals surface area contributed by atoms with Gasteiger partial charge < -0.3 is 5.73 Å². The fourth-order valence-corrected chi connectivity index (χ4v) is 0.925. The number of hydrogen-bond donors (Lipinski definition) is 1. The third-order valence-corrected chi connectivity index (χ3v) is 1.54. The Morgan fingerprint density at radius 2 is 2.20 bits per heavy atom. The SMILES string of the molecule is Cc1cccc(C(N)=S)c1. The molecule has 0 spiro atoms. The van der Waals surface area contributed by atoms with Crippen LogP contribution < -0.4 is 5.73 Å². The average molecular weight is 151 g/mol. The van der Waals surface area contributed by atoms with Crippen LogP contribution in [0.5, 0.6) is 0 Å². The van der Waals surface area contributed by atoms with E-state index in [1.807, 2.05) is 31.2 Å². The summed E-state index contributed by atoms with van der Waals surface area (Å²) in [6.45, 7) is 2.02. The Labute approximate surface area is 65.9 Å². The normalized spacial score (nSPS) is 9.30. The van der Waals surface area contributed by atoms with E-state index in [1.165, 1.54) is 5.56 Å². The molecule has 0 aliphatic carbocycles. The average Bonchev–Trinajstić information content (AvgIpc) is 1.88. The Morgan fingerprint density at radius 3 is 2.60 bits per heavy atom. The van der Waals surface area contributed by atoms with Crippen LogP contribution in [0.25, 0.3) is 0 Å². The number of thiocarbonyl (C=S) groups is 1. The van der Waals surface area contributed by atoms with Gasteiger partial charge in [-0.1, -0.05) is 36.0 Å². The van der Waals surface area contributed by atoms with Crippen molar-refractivity contribution < 1.29 is 0 Å². The standard InChI is InChI=1S/C8H9NS/c1-6-3-2-4-7(5-6)8(9)10/h2-5H,1H3,(H2,9,10). The number of aryl methyl sites for hydroxylation is 1. The lowest BCUT2D eigenvalue weighted by molar-refractivity contribution is 1.45.